The molecule has 1 atom stereocenters. The minimum Gasteiger partial charge on any atom is -0.497 e. The van der Waals surface area contributed by atoms with Crippen molar-refractivity contribution in [2.75, 3.05) is 13.7 Å². The Morgan fingerprint density at radius 3 is 2.53 bits per heavy atom. The number of benzene rings is 1. The molecule has 1 amide bonds. The molecule has 1 saturated heterocycles. The first-order valence-electron chi connectivity index (χ1n) is 4.75. The second-order valence-electron chi connectivity index (χ2n) is 3.70. The minimum absolute atomic E-state index is 0.367. The van der Waals surface area contributed by atoms with Crippen LogP contribution in [0.2, 0.25) is 0 Å². The second kappa shape index (κ2) is 3.46. The van der Waals surface area contributed by atoms with E-state index in [-0.39, 0.29) is 6.09 Å². The highest BCUT2D eigenvalue weighted by atomic mass is 16.6. The number of alkyl carbamates (subject to hydrolysis) is 1. The number of cyclic esters (lactones) is 1. The fraction of sp³-hybridized carbons (Fsp3) is 0.364. The molecule has 0 aromatic heterocycles. The van der Waals surface area contributed by atoms with Crippen LogP contribution in [0, 0.1) is 0 Å². The van der Waals surface area contributed by atoms with E-state index in [2.05, 4.69) is 5.32 Å². The molecule has 0 bridgehead atoms. The fourth-order valence-electron chi connectivity index (χ4n) is 1.62. The van der Waals surface area contributed by atoms with Crippen molar-refractivity contribution >= 4 is 6.09 Å². The Bertz CT molecular complexity index is 374. The van der Waals surface area contributed by atoms with Crippen molar-refractivity contribution in [3.63, 3.8) is 0 Å². The number of amides is 1. The van der Waals surface area contributed by atoms with E-state index in [1.807, 2.05) is 31.2 Å². The Balaban J connectivity index is 2.25. The molecular weight excluding hydrogens is 194 g/mol. The lowest BCUT2D eigenvalue weighted by Gasteiger charge is -2.21. The quantitative estimate of drug-likeness (QED) is 0.802. The van der Waals surface area contributed by atoms with Gasteiger partial charge in [0.2, 0.25) is 0 Å². The van der Waals surface area contributed by atoms with Crippen LogP contribution in [-0.2, 0) is 10.3 Å². The highest BCUT2D eigenvalue weighted by Gasteiger charge is 2.37. The molecule has 15 heavy (non-hydrogen) atoms. The summed E-state index contributed by atoms with van der Waals surface area (Å²) in [7, 11) is 1.62. The lowest BCUT2D eigenvalue weighted by atomic mass is 9.96. The zero-order valence-electron chi connectivity index (χ0n) is 8.74. The smallest absolute Gasteiger partial charge is 0.408 e. The summed E-state index contributed by atoms with van der Waals surface area (Å²) in [5.41, 5.74) is 0.394. The van der Waals surface area contributed by atoms with Crippen LogP contribution >= 0.6 is 0 Å². The Kier molecular flexibility index (Phi) is 2.26. The van der Waals surface area contributed by atoms with Crippen LogP contribution < -0.4 is 10.1 Å². The summed E-state index contributed by atoms with van der Waals surface area (Å²) in [6, 6.07) is 7.51. The highest BCUT2D eigenvalue weighted by Crippen LogP contribution is 2.29. The van der Waals surface area contributed by atoms with Crippen molar-refractivity contribution in [2.45, 2.75) is 12.5 Å². The Labute approximate surface area is 88.2 Å². The topological polar surface area (TPSA) is 47.6 Å². The molecule has 0 aliphatic carbocycles. The number of carbonyl (C=O) groups excluding carboxylic acids is 1. The van der Waals surface area contributed by atoms with Crippen LogP contribution in [0.5, 0.6) is 5.75 Å². The lowest BCUT2D eigenvalue weighted by molar-refractivity contribution is 0.0704. The third kappa shape index (κ3) is 1.75. The number of carbonyl (C=O) groups is 1. The van der Waals surface area contributed by atoms with Crippen LogP contribution in [0.1, 0.15) is 12.5 Å². The van der Waals surface area contributed by atoms with Gasteiger partial charge in [-0.3, -0.25) is 0 Å². The van der Waals surface area contributed by atoms with Gasteiger partial charge < -0.3 is 14.8 Å². The van der Waals surface area contributed by atoms with Gasteiger partial charge in [0.05, 0.1) is 13.7 Å². The van der Waals surface area contributed by atoms with Crippen molar-refractivity contribution in [2.24, 2.45) is 0 Å². The first-order valence-corrected chi connectivity index (χ1v) is 4.75. The summed E-state index contributed by atoms with van der Waals surface area (Å²) in [6.45, 7) is 2.38. The van der Waals surface area contributed by atoms with E-state index >= 15 is 0 Å². The lowest BCUT2D eigenvalue weighted by Crippen LogP contribution is -2.26. The van der Waals surface area contributed by atoms with Crippen molar-refractivity contribution in [1.29, 1.82) is 0 Å². The Hall–Kier alpha value is -1.71. The second-order valence-corrected chi connectivity index (χ2v) is 3.70. The minimum atomic E-state index is -0.566. The van der Waals surface area contributed by atoms with Gasteiger partial charge >= 0.3 is 6.09 Å². The van der Waals surface area contributed by atoms with Crippen LogP contribution in [0.4, 0.5) is 4.79 Å². The molecule has 1 aliphatic heterocycles. The summed E-state index contributed by atoms with van der Waals surface area (Å²) in [5.74, 6) is 0.791. The first kappa shape index (κ1) is 9.83. The SMILES string of the molecule is COc1ccc(C2(C)CNC(=O)O2)cc1. The first-order chi connectivity index (χ1) is 7.14. The van der Waals surface area contributed by atoms with Gasteiger partial charge in [-0.1, -0.05) is 12.1 Å². The van der Waals surface area contributed by atoms with Crippen molar-refractivity contribution in [3.05, 3.63) is 29.8 Å². The predicted octanol–water partition coefficient (Wildman–Crippen LogP) is 1.65. The molecule has 1 aliphatic rings. The third-order valence-electron chi connectivity index (χ3n) is 2.59. The Morgan fingerprint density at radius 1 is 1.40 bits per heavy atom. The van der Waals surface area contributed by atoms with Gasteiger partial charge in [0.25, 0.3) is 0 Å². The average Bonchev–Trinajstić information content (AvgIpc) is 2.60. The molecular formula is C11H13NO3. The normalized spacial score (nSPS) is 24.5. The van der Waals surface area contributed by atoms with Gasteiger partial charge in [-0.15, -0.1) is 0 Å². The van der Waals surface area contributed by atoms with E-state index < -0.39 is 5.60 Å². The number of rotatable bonds is 2. The number of nitrogens with one attached hydrogen (secondary N) is 1. The zero-order valence-corrected chi connectivity index (χ0v) is 8.74. The highest BCUT2D eigenvalue weighted by molar-refractivity contribution is 5.70. The number of hydrogen-bond donors (Lipinski definition) is 1. The summed E-state index contributed by atoms with van der Waals surface area (Å²) in [6.07, 6.45) is -0.367. The van der Waals surface area contributed by atoms with Gasteiger partial charge in [0, 0.05) is 0 Å². The number of hydrogen-bond acceptors (Lipinski definition) is 3. The van der Waals surface area contributed by atoms with Gasteiger partial charge in [0.15, 0.2) is 5.60 Å². The molecule has 1 N–H and O–H groups in total. The third-order valence-corrected chi connectivity index (χ3v) is 2.59. The molecule has 80 valence electrons. The van der Waals surface area contributed by atoms with Crippen LogP contribution in [0.3, 0.4) is 0 Å². The number of ether oxygens (including phenoxy) is 2. The number of methoxy groups -OCH3 is 1. The van der Waals surface area contributed by atoms with E-state index in [1.165, 1.54) is 0 Å². The average molecular weight is 207 g/mol. The van der Waals surface area contributed by atoms with Crippen molar-refractivity contribution in [3.8, 4) is 5.75 Å². The molecule has 0 radical (unpaired) electrons. The largest absolute Gasteiger partial charge is 0.497 e. The summed E-state index contributed by atoms with van der Waals surface area (Å²) < 4.78 is 10.3. The molecule has 1 aromatic rings. The molecule has 4 heteroatoms. The molecule has 2 rings (SSSR count). The van der Waals surface area contributed by atoms with Crippen LogP contribution in [0.25, 0.3) is 0 Å². The van der Waals surface area contributed by atoms with Gasteiger partial charge in [-0.2, -0.15) is 0 Å². The monoisotopic (exact) mass is 207 g/mol. The Morgan fingerprint density at radius 2 is 2.07 bits per heavy atom. The van der Waals surface area contributed by atoms with E-state index in [0.29, 0.717) is 6.54 Å². The molecule has 0 spiro atoms. The fourth-order valence-corrected chi connectivity index (χ4v) is 1.62. The molecule has 1 unspecified atom stereocenters. The maximum atomic E-state index is 11.0. The molecule has 4 nitrogen and oxygen atoms in total. The zero-order chi connectivity index (χ0) is 10.9. The van der Waals surface area contributed by atoms with Crippen LogP contribution in [-0.4, -0.2) is 19.7 Å². The molecule has 1 fully saturated rings. The summed E-state index contributed by atoms with van der Waals surface area (Å²) in [5, 5.41) is 2.64. The van der Waals surface area contributed by atoms with Gasteiger partial charge in [-0.05, 0) is 24.6 Å². The van der Waals surface area contributed by atoms with Crippen molar-refractivity contribution in [1.82, 2.24) is 5.32 Å². The maximum Gasteiger partial charge on any atom is 0.408 e. The van der Waals surface area contributed by atoms with Gasteiger partial charge in [0.1, 0.15) is 5.75 Å². The van der Waals surface area contributed by atoms with E-state index in [4.69, 9.17) is 9.47 Å². The van der Waals surface area contributed by atoms with Gasteiger partial charge in [-0.25, -0.2) is 4.79 Å². The van der Waals surface area contributed by atoms with Crippen LogP contribution in [0.15, 0.2) is 24.3 Å². The van der Waals surface area contributed by atoms with E-state index in [9.17, 15) is 4.79 Å². The molecule has 1 aromatic carbocycles. The standard InChI is InChI=1S/C11H13NO3/c1-11(7-12-10(13)15-11)8-3-5-9(14-2)6-4-8/h3-6H,7H2,1-2H3,(H,12,13). The summed E-state index contributed by atoms with van der Waals surface area (Å²) >= 11 is 0. The molecule has 1 heterocycles. The van der Waals surface area contributed by atoms with E-state index in [1.54, 1.807) is 7.11 Å². The van der Waals surface area contributed by atoms with E-state index in [0.717, 1.165) is 11.3 Å². The summed E-state index contributed by atoms with van der Waals surface area (Å²) in [4.78, 5) is 11.0. The molecule has 0 saturated carbocycles. The van der Waals surface area contributed by atoms with Crippen molar-refractivity contribution < 1.29 is 14.3 Å². The maximum absolute atomic E-state index is 11.0. The predicted molar refractivity (Wildman–Crippen MR) is 54.8 cm³/mol.